The molecule has 3 aromatic heterocycles. The van der Waals surface area contributed by atoms with Crippen molar-refractivity contribution in [1.82, 2.24) is 29.5 Å². The van der Waals surface area contributed by atoms with E-state index in [-0.39, 0.29) is 22.8 Å². The number of hydrogen-bond acceptors (Lipinski definition) is 6. The van der Waals surface area contributed by atoms with Gasteiger partial charge < -0.3 is 4.74 Å². The van der Waals surface area contributed by atoms with Gasteiger partial charge >= 0.3 is 0 Å². The Morgan fingerprint density at radius 3 is 2.90 bits per heavy atom. The molecule has 1 aromatic carbocycles. The van der Waals surface area contributed by atoms with E-state index in [1.54, 1.807) is 6.07 Å². The molecule has 0 spiro atoms. The first-order chi connectivity index (χ1) is 17.7. The van der Waals surface area contributed by atoms with Crippen molar-refractivity contribution in [2.24, 2.45) is 6.98 Å². The number of benzene rings is 1. The van der Waals surface area contributed by atoms with Gasteiger partial charge in [0.2, 0.25) is 5.43 Å². The van der Waals surface area contributed by atoms with Crippen LogP contribution in [0.4, 0.5) is 4.39 Å². The lowest BCUT2D eigenvalue weighted by Gasteiger charge is -2.11. The Balaban J connectivity index is 1.59. The molecule has 0 saturated carbocycles. The predicted molar refractivity (Wildman–Crippen MR) is 108 cm³/mol. The van der Waals surface area contributed by atoms with E-state index in [0.717, 1.165) is 27.8 Å². The molecule has 1 atom stereocenters. The topological polar surface area (TPSA) is 87.7 Å². The fourth-order valence-corrected chi connectivity index (χ4v) is 2.74. The van der Waals surface area contributed by atoms with Crippen LogP contribution in [-0.2, 0) is 6.98 Å². The molecule has 1 unspecified atom stereocenters. The standard InChI is InChI=1S/C21H19FN6O2/c1-3-30-17-11-23-21(24-12-17)15-6-4-5-14(9-15)19(22)20-18(29)7-8-28(26-20)16-10-25-27(2)13-16/h4-13,19H,3H2,1-2H3/i1D3,2D3,3D2. The molecule has 4 aromatic rings. The summed E-state index contributed by atoms with van der Waals surface area (Å²) >= 11 is 0. The largest absolute Gasteiger partial charge is 0.491 e. The van der Waals surface area contributed by atoms with E-state index in [1.165, 1.54) is 36.8 Å². The van der Waals surface area contributed by atoms with Crippen LogP contribution >= 0.6 is 0 Å². The molecular weight excluding hydrogens is 387 g/mol. The Morgan fingerprint density at radius 1 is 1.27 bits per heavy atom. The van der Waals surface area contributed by atoms with Gasteiger partial charge in [0, 0.05) is 33.0 Å². The van der Waals surface area contributed by atoms with Crippen LogP contribution in [0.1, 0.15) is 35.2 Å². The molecule has 152 valence electrons. The molecule has 0 fully saturated rings. The maximum Gasteiger partial charge on any atom is 0.206 e. The van der Waals surface area contributed by atoms with Crippen LogP contribution in [0.2, 0.25) is 0 Å². The Bertz CT molecular complexity index is 1500. The van der Waals surface area contributed by atoms with Crippen molar-refractivity contribution in [1.29, 1.82) is 0 Å². The summed E-state index contributed by atoms with van der Waals surface area (Å²) in [4.78, 5) is 20.5. The van der Waals surface area contributed by atoms with E-state index in [1.807, 2.05) is 0 Å². The second kappa shape index (κ2) is 8.24. The number of nitrogens with zero attached hydrogens (tertiary/aromatic N) is 6. The fraction of sp³-hybridized carbons (Fsp3) is 0.190. The number of hydrogen-bond donors (Lipinski definition) is 0. The van der Waals surface area contributed by atoms with Gasteiger partial charge in [0.1, 0.15) is 11.4 Å². The lowest BCUT2D eigenvalue weighted by Crippen LogP contribution is -2.18. The van der Waals surface area contributed by atoms with Gasteiger partial charge in [-0.3, -0.25) is 9.48 Å². The molecule has 3 heterocycles. The molecule has 4 rings (SSSR count). The van der Waals surface area contributed by atoms with Gasteiger partial charge in [-0.15, -0.1) is 0 Å². The molecule has 0 bridgehead atoms. The first-order valence-electron chi connectivity index (χ1n) is 12.6. The number of ether oxygens (including phenoxy) is 1. The van der Waals surface area contributed by atoms with Crippen LogP contribution in [0.15, 0.2) is 66.1 Å². The smallest absolute Gasteiger partial charge is 0.206 e. The van der Waals surface area contributed by atoms with Crippen molar-refractivity contribution in [3.63, 3.8) is 0 Å². The molecule has 0 radical (unpaired) electrons. The Labute approximate surface area is 182 Å². The summed E-state index contributed by atoms with van der Waals surface area (Å²) in [6.07, 6.45) is 3.89. The first kappa shape index (κ1) is 12.0. The van der Waals surface area contributed by atoms with Crippen molar-refractivity contribution >= 4 is 0 Å². The first-order valence-corrected chi connectivity index (χ1v) is 8.57. The third kappa shape index (κ3) is 3.95. The summed E-state index contributed by atoms with van der Waals surface area (Å²) in [5.41, 5.74) is -0.496. The second-order valence-electron chi connectivity index (χ2n) is 6.09. The summed E-state index contributed by atoms with van der Waals surface area (Å²) in [7, 11) is 0. The van der Waals surface area contributed by atoms with Gasteiger partial charge in [0.05, 0.1) is 34.1 Å². The van der Waals surface area contributed by atoms with E-state index in [2.05, 4.69) is 20.2 Å². The normalized spacial score (nSPS) is 17.2. The van der Waals surface area contributed by atoms with E-state index in [9.17, 15) is 4.79 Å². The summed E-state index contributed by atoms with van der Waals surface area (Å²) in [6, 6.07) is 7.02. The average Bonchev–Trinajstić information content (AvgIpc) is 3.35. The molecule has 30 heavy (non-hydrogen) atoms. The van der Waals surface area contributed by atoms with Gasteiger partial charge in [0.15, 0.2) is 17.7 Å². The number of aromatic nitrogens is 6. The Morgan fingerprint density at radius 2 is 2.13 bits per heavy atom. The monoisotopic (exact) mass is 414 g/mol. The van der Waals surface area contributed by atoms with Crippen LogP contribution in [0.5, 0.6) is 5.75 Å². The molecule has 8 nitrogen and oxygen atoms in total. The van der Waals surface area contributed by atoms with Crippen molar-refractivity contribution in [3.8, 4) is 22.8 Å². The highest BCUT2D eigenvalue weighted by molar-refractivity contribution is 5.56. The third-order valence-electron chi connectivity index (χ3n) is 4.14. The van der Waals surface area contributed by atoms with E-state index in [4.69, 9.17) is 15.7 Å². The Kier molecular flexibility index (Phi) is 3.28. The maximum absolute atomic E-state index is 15.5. The minimum atomic E-state index is -3.03. The zero-order valence-corrected chi connectivity index (χ0v) is 15.2. The highest BCUT2D eigenvalue weighted by Gasteiger charge is 2.20. The lowest BCUT2D eigenvalue weighted by molar-refractivity contribution is 0.337. The molecule has 0 N–H and O–H groups in total. The maximum atomic E-state index is 15.5. The number of alkyl halides is 1. The van der Waals surface area contributed by atoms with Crippen LogP contribution < -0.4 is 10.2 Å². The van der Waals surface area contributed by atoms with Gasteiger partial charge in [-0.1, -0.05) is 18.2 Å². The van der Waals surface area contributed by atoms with Crippen LogP contribution in [-0.4, -0.2) is 36.1 Å². The molecule has 0 aliphatic carbocycles. The third-order valence-corrected chi connectivity index (χ3v) is 4.14. The zero-order valence-electron chi connectivity index (χ0n) is 23.2. The molecular formula is C21H19FN6O2. The summed E-state index contributed by atoms with van der Waals surface area (Å²) in [5, 5.41) is 7.80. The summed E-state index contributed by atoms with van der Waals surface area (Å²) in [5.74, 6) is -0.110. The van der Waals surface area contributed by atoms with Crippen molar-refractivity contribution < 1.29 is 20.1 Å². The summed E-state index contributed by atoms with van der Waals surface area (Å²) in [6.45, 7) is -8.51. The molecule has 9 heteroatoms. The minimum absolute atomic E-state index is 0.0608. The quantitative estimate of drug-likeness (QED) is 0.482. The average molecular weight is 414 g/mol. The fourth-order valence-electron chi connectivity index (χ4n) is 2.74. The SMILES string of the molecule is [2H]C([2H])([2H])n1cc(-n2ccc(=O)c(C(F)c3cccc(-c4ncc(OC([2H])([2H])C([2H])([2H])[2H])cn4)c3)n2)cn1. The zero-order chi connectivity index (χ0) is 27.9. The number of aryl methyl sites for hydroxylation is 1. The molecule has 0 amide bonds. The van der Waals surface area contributed by atoms with Crippen LogP contribution in [0, 0.1) is 0 Å². The van der Waals surface area contributed by atoms with Gasteiger partial charge in [-0.05, 0) is 18.5 Å². The second-order valence-corrected chi connectivity index (χ2v) is 6.09. The van der Waals surface area contributed by atoms with Gasteiger partial charge in [0.25, 0.3) is 0 Å². The lowest BCUT2D eigenvalue weighted by atomic mass is 10.0. The van der Waals surface area contributed by atoms with Crippen LogP contribution in [0.25, 0.3) is 17.1 Å². The molecule has 0 aliphatic rings. The molecule has 0 aliphatic heterocycles. The van der Waals surface area contributed by atoms with Gasteiger partial charge in [-0.2, -0.15) is 10.2 Å². The van der Waals surface area contributed by atoms with Crippen molar-refractivity contribution in [2.75, 3.05) is 6.56 Å². The van der Waals surface area contributed by atoms with Crippen molar-refractivity contribution in [2.45, 2.75) is 13.0 Å². The highest BCUT2D eigenvalue weighted by atomic mass is 19.1. The predicted octanol–water partition coefficient (Wildman–Crippen LogP) is 2.88. The van der Waals surface area contributed by atoms with Gasteiger partial charge in [-0.25, -0.2) is 19.0 Å². The van der Waals surface area contributed by atoms with E-state index < -0.39 is 37.7 Å². The minimum Gasteiger partial charge on any atom is -0.491 e. The summed E-state index contributed by atoms with van der Waals surface area (Å²) < 4.78 is 81.2. The number of rotatable bonds is 6. The van der Waals surface area contributed by atoms with Crippen LogP contribution in [0.3, 0.4) is 0 Å². The molecule has 0 saturated heterocycles. The van der Waals surface area contributed by atoms with E-state index in [0.29, 0.717) is 5.56 Å². The Hall–Kier alpha value is -3.88. The van der Waals surface area contributed by atoms with E-state index >= 15 is 4.39 Å². The number of halogens is 1. The highest BCUT2D eigenvalue weighted by Crippen LogP contribution is 2.26. The van der Waals surface area contributed by atoms with Crippen molar-refractivity contribution in [3.05, 3.63) is 82.8 Å².